The molecular weight excluding hydrogens is 392 g/mol. The van der Waals surface area contributed by atoms with E-state index in [1.165, 1.54) is 0 Å². The summed E-state index contributed by atoms with van der Waals surface area (Å²) in [6.07, 6.45) is 1.67. The molecule has 7 nitrogen and oxygen atoms in total. The van der Waals surface area contributed by atoms with E-state index >= 15 is 0 Å². The highest BCUT2D eigenvalue weighted by Crippen LogP contribution is 2.33. The molecule has 0 radical (unpaired) electrons. The number of hydrogen-bond acceptors (Lipinski definition) is 5. The second kappa shape index (κ2) is 8.10. The van der Waals surface area contributed by atoms with Gasteiger partial charge >= 0.3 is 6.03 Å². The number of hydrogen-bond donors (Lipinski definition) is 1. The summed E-state index contributed by atoms with van der Waals surface area (Å²) in [5.41, 5.74) is 1.62. The maximum atomic E-state index is 13.1. The second-order valence-electron chi connectivity index (χ2n) is 7.49. The molecule has 1 aliphatic heterocycles. The van der Waals surface area contributed by atoms with E-state index in [9.17, 15) is 4.79 Å². The van der Waals surface area contributed by atoms with Gasteiger partial charge in [0.15, 0.2) is 0 Å². The van der Waals surface area contributed by atoms with Crippen molar-refractivity contribution in [3.8, 4) is 17.1 Å². The topological polar surface area (TPSA) is 80.5 Å². The molecule has 0 aliphatic carbocycles. The molecular formula is C24H22N4O3. The van der Waals surface area contributed by atoms with Gasteiger partial charge in [0.2, 0.25) is 11.7 Å². The van der Waals surface area contributed by atoms with Gasteiger partial charge in [0, 0.05) is 17.5 Å². The minimum Gasteiger partial charge on any atom is -0.497 e. The van der Waals surface area contributed by atoms with Crippen LogP contribution < -0.4 is 10.1 Å². The molecule has 156 valence electrons. The molecule has 1 aliphatic rings. The van der Waals surface area contributed by atoms with Gasteiger partial charge in [-0.15, -0.1) is 0 Å². The Morgan fingerprint density at radius 3 is 2.74 bits per heavy atom. The van der Waals surface area contributed by atoms with Gasteiger partial charge in [-0.2, -0.15) is 4.98 Å². The summed E-state index contributed by atoms with van der Waals surface area (Å²) in [4.78, 5) is 19.4. The zero-order valence-electron chi connectivity index (χ0n) is 17.1. The Balaban J connectivity index is 1.36. The van der Waals surface area contributed by atoms with Crippen LogP contribution >= 0.6 is 0 Å². The van der Waals surface area contributed by atoms with Crippen LogP contribution in [0, 0.1) is 0 Å². The first-order valence-electron chi connectivity index (χ1n) is 10.3. The van der Waals surface area contributed by atoms with Crippen LogP contribution in [0.4, 0.5) is 10.5 Å². The van der Waals surface area contributed by atoms with E-state index in [1.807, 2.05) is 66.7 Å². The molecule has 0 unspecified atom stereocenters. The lowest BCUT2D eigenvalue weighted by Gasteiger charge is -2.22. The number of amides is 2. The van der Waals surface area contributed by atoms with Gasteiger partial charge in [-0.25, -0.2) is 4.79 Å². The van der Waals surface area contributed by atoms with Crippen molar-refractivity contribution in [2.24, 2.45) is 0 Å². The van der Waals surface area contributed by atoms with Crippen molar-refractivity contribution in [1.29, 1.82) is 0 Å². The van der Waals surface area contributed by atoms with Crippen LogP contribution in [-0.2, 0) is 0 Å². The molecule has 4 aromatic rings. The van der Waals surface area contributed by atoms with Crippen molar-refractivity contribution in [2.45, 2.75) is 18.9 Å². The van der Waals surface area contributed by atoms with E-state index in [0.29, 0.717) is 18.3 Å². The predicted molar refractivity (Wildman–Crippen MR) is 118 cm³/mol. The van der Waals surface area contributed by atoms with Gasteiger partial charge < -0.3 is 19.5 Å². The van der Waals surface area contributed by atoms with Gasteiger partial charge in [0.1, 0.15) is 11.8 Å². The largest absolute Gasteiger partial charge is 0.497 e. The number of methoxy groups -OCH3 is 1. The van der Waals surface area contributed by atoms with E-state index in [-0.39, 0.29) is 12.1 Å². The Labute approximate surface area is 179 Å². The van der Waals surface area contributed by atoms with Crippen molar-refractivity contribution in [3.63, 3.8) is 0 Å². The number of benzene rings is 3. The zero-order chi connectivity index (χ0) is 21.2. The highest BCUT2D eigenvalue weighted by atomic mass is 16.5. The van der Waals surface area contributed by atoms with Crippen LogP contribution in [0.3, 0.4) is 0 Å². The number of anilines is 1. The minimum absolute atomic E-state index is 0.164. The number of ether oxygens (including phenoxy) is 1. The van der Waals surface area contributed by atoms with Crippen molar-refractivity contribution >= 4 is 22.5 Å². The lowest BCUT2D eigenvalue weighted by Crippen LogP contribution is -2.34. The van der Waals surface area contributed by atoms with Crippen LogP contribution in [0.5, 0.6) is 5.75 Å². The van der Waals surface area contributed by atoms with Crippen LogP contribution in [-0.4, -0.2) is 34.7 Å². The second-order valence-corrected chi connectivity index (χ2v) is 7.49. The SMILES string of the molecule is COc1ccc(-c2noc([C@H]3CCCN3C(=O)Nc3cccc4ccccc34)n2)cc1. The van der Waals surface area contributed by atoms with Gasteiger partial charge in [-0.3, -0.25) is 0 Å². The number of urea groups is 1. The highest BCUT2D eigenvalue weighted by molar-refractivity contribution is 6.01. The fourth-order valence-corrected chi connectivity index (χ4v) is 4.02. The minimum atomic E-state index is -0.241. The summed E-state index contributed by atoms with van der Waals surface area (Å²) < 4.78 is 10.7. The fourth-order valence-electron chi connectivity index (χ4n) is 4.02. The average molecular weight is 414 g/mol. The smallest absolute Gasteiger partial charge is 0.322 e. The van der Waals surface area contributed by atoms with E-state index in [4.69, 9.17) is 9.26 Å². The molecule has 5 rings (SSSR count). The molecule has 0 spiro atoms. The summed E-state index contributed by atoms with van der Waals surface area (Å²) in [5.74, 6) is 1.72. The van der Waals surface area contributed by atoms with E-state index in [1.54, 1.807) is 12.0 Å². The van der Waals surface area contributed by atoms with E-state index in [2.05, 4.69) is 15.5 Å². The Morgan fingerprint density at radius 1 is 1.10 bits per heavy atom. The Hall–Kier alpha value is -3.87. The van der Waals surface area contributed by atoms with E-state index < -0.39 is 0 Å². The van der Waals surface area contributed by atoms with Crippen molar-refractivity contribution in [1.82, 2.24) is 15.0 Å². The highest BCUT2D eigenvalue weighted by Gasteiger charge is 2.34. The third-order valence-electron chi connectivity index (χ3n) is 5.62. The molecule has 7 heteroatoms. The summed E-state index contributed by atoms with van der Waals surface area (Å²) in [6, 6.07) is 20.9. The third kappa shape index (κ3) is 3.70. The Kier molecular flexibility index (Phi) is 5.00. The number of fused-ring (bicyclic) bond motifs is 1. The molecule has 0 saturated carbocycles. The maximum Gasteiger partial charge on any atom is 0.322 e. The number of nitrogens with zero attached hydrogens (tertiary/aromatic N) is 3. The molecule has 1 aromatic heterocycles. The molecule has 1 saturated heterocycles. The van der Waals surface area contributed by atoms with Crippen molar-refractivity contribution < 1.29 is 14.1 Å². The first-order valence-corrected chi connectivity index (χ1v) is 10.3. The molecule has 1 atom stereocenters. The monoisotopic (exact) mass is 414 g/mol. The van der Waals surface area contributed by atoms with Crippen LogP contribution in [0.15, 0.2) is 71.3 Å². The molecule has 2 heterocycles. The number of carbonyl (C=O) groups is 1. The summed E-state index contributed by atoms with van der Waals surface area (Å²) in [5, 5.41) is 9.27. The molecule has 31 heavy (non-hydrogen) atoms. The number of rotatable bonds is 4. The summed E-state index contributed by atoms with van der Waals surface area (Å²) >= 11 is 0. The van der Waals surface area contributed by atoms with Crippen LogP contribution in [0.25, 0.3) is 22.2 Å². The summed E-state index contributed by atoms with van der Waals surface area (Å²) in [6.45, 7) is 0.640. The Bertz CT molecular complexity index is 1210. The standard InChI is InChI=1S/C24H22N4O3/c1-30-18-13-11-17(12-14-18)22-26-23(31-27-22)21-10-5-15-28(21)24(29)25-20-9-4-7-16-6-2-3-8-19(16)20/h2-4,6-9,11-14,21H,5,10,15H2,1H3,(H,25,29)/t21-/m1/s1. The fraction of sp³-hybridized carbons (Fsp3) is 0.208. The van der Waals surface area contributed by atoms with Gasteiger partial charge in [-0.1, -0.05) is 41.6 Å². The molecule has 1 N–H and O–H groups in total. The Morgan fingerprint density at radius 2 is 1.90 bits per heavy atom. The van der Waals surface area contributed by atoms with Crippen LogP contribution in [0.2, 0.25) is 0 Å². The van der Waals surface area contributed by atoms with Gasteiger partial charge in [0.25, 0.3) is 0 Å². The molecule has 1 fully saturated rings. The van der Waals surface area contributed by atoms with E-state index in [0.717, 1.165) is 40.6 Å². The first kappa shape index (κ1) is 19.1. The molecule has 2 amide bonds. The zero-order valence-corrected chi connectivity index (χ0v) is 17.1. The molecule has 0 bridgehead atoms. The van der Waals surface area contributed by atoms with Gasteiger partial charge in [0.05, 0.1) is 12.8 Å². The van der Waals surface area contributed by atoms with Gasteiger partial charge in [-0.05, 0) is 48.6 Å². The van der Waals surface area contributed by atoms with Crippen LogP contribution in [0.1, 0.15) is 24.8 Å². The lowest BCUT2D eigenvalue weighted by atomic mass is 10.1. The van der Waals surface area contributed by atoms with Crippen molar-refractivity contribution in [3.05, 3.63) is 72.6 Å². The number of aromatic nitrogens is 2. The summed E-state index contributed by atoms with van der Waals surface area (Å²) in [7, 11) is 1.62. The average Bonchev–Trinajstić information content (AvgIpc) is 3.49. The quantitative estimate of drug-likeness (QED) is 0.492. The first-order chi connectivity index (χ1) is 15.2. The van der Waals surface area contributed by atoms with Crippen molar-refractivity contribution in [2.75, 3.05) is 19.0 Å². The normalized spacial score (nSPS) is 15.9. The number of likely N-dealkylation sites (tertiary alicyclic amines) is 1. The maximum absolute atomic E-state index is 13.1. The predicted octanol–water partition coefficient (Wildman–Crippen LogP) is 5.27. The lowest BCUT2D eigenvalue weighted by molar-refractivity contribution is 0.193. The molecule has 3 aromatic carbocycles. The number of carbonyl (C=O) groups excluding carboxylic acids is 1. The number of nitrogens with one attached hydrogen (secondary N) is 1. The third-order valence-corrected chi connectivity index (χ3v) is 5.62.